The largest absolute Gasteiger partial charge is 0.444 e. The fourth-order valence-corrected chi connectivity index (χ4v) is 4.50. The third-order valence-corrected chi connectivity index (χ3v) is 5.62. The van der Waals surface area contributed by atoms with E-state index in [-0.39, 0.29) is 17.9 Å². The van der Waals surface area contributed by atoms with Crippen LogP contribution in [0.25, 0.3) is 0 Å². The zero-order valence-corrected chi connectivity index (χ0v) is 13.9. The Hall–Kier alpha value is -0.820. The van der Waals surface area contributed by atoms with E-state index in [0.717, 1.165) is 12.8 Å². The number of nitrogens with one attached hydrogen (secondary N) is 1. The Morgan fingerprint density at radius 1 is 1.14 bits per heavy atom. The van der Waals surface area contributed by atoms with Crippen molar-refractivity contribution in [3.8, 4) is 0 Å². The molecule has 2 aliphatic rings. The van der Waals surface area contributed by atoms with Gasteiger partial charge in [0.1, 0.15) is 5.60 Å². The number of likely N-dealkylation sites (tertiary alicyclic amines) is 1. The number of ether oxygens (including phenoxy) is 1. The van der Waals surface area contributed by atoms with Gasteiger partial charge in [-0.25, -0.2) is 13.2 Å². The SMILES string of the molecule is CC(C)(C)OC(=O)N1CCC(NC2CCS(=O)(=O)C2)CC1. The molecule has 0 aromatic rings. The van der Waals surface area contributed by atoms with Crippen molar-refractivity contribution in [3.63, 3.8) is 0 Å². The zero-order chi connectivity index (χ0) is 15.7. The van der Waals surface area contributed by atoms with Crippen LogP contribution in [0.2, 0.25) is 0 Å². The summed E-state index contributed by atoms with van der Waals surface area (Å²) in [5.74, 6) is 0.542. The summed E-state index contributed by atoms with van der Waals surface area (Å²) in [6, 6.07) is 0.370. The summed E-state index contributed by atoms with van der Waals surface area (Å²) in [7, 11) is -2.84. The van der Waals surface area contributed by atoms with E-state index in [1.807, 2.05) is 20.8 Å². The number of carbonyl (C=O) groups excluding carboxylic acids is 1. The van der Waals surface area contributed by atoms with Gasteiger partial charge in [0.25, 0.3) is 0 Å². The maximum atomic E-state index is 12.0. The first-order valence-electron chi connectivity index (χ1n) is 7.59. The van der Waals surface area contributed by atoms with Gasteiger partial charge in [-0.1, -0.05) is 0 Å². The van der Waals surface area contributed by atoms with Gasteiger partial charge < -0.3 is 15.0 Å². The van der Waals surface area contributed by atoms with Crippen LogP contribution in [0.4, 0.5) is 4.79 Å². The summed E-state index contributed by atoms with van der Waals surface area (Å²) < 4.78 is 28.3. The first-order chi connectivity index (χ1) is 9.65. The fourth-order valence-electron chi connectivity index (χ4n) is 2.81. The second-order valence-corrected chi connectivity index (χ2v) is 9.24. The lowest BCUT2D eigenvalue weighted by atomic mass is 10.0. The molecule has 1 amide bonds. The second kappa shape index (κ2) is 6.12. The third kappa shape index (κ3) is 5.14. The minimum Gasteiger partial charge on any atom is -0.444 e. The molecule has 6 nitrogen and oxygen atoms in total. The molecule has 0 aromatic heterocycles. The minimum atomic E-state index is -2.84. The van der Waals surface area contributed by atoms with Crippen molar-refractivity contribution < 1.29 is 17.9 Å². The average molecular weight is 318 g/mol. The number of amides is 1. The lowest BCUT2D eigenvalue weighted by molar-refractivity contribution is 0.0196. The number of hydrogen-bond donors (Lipinski definition) is 1. The average Bonchev–Trinajstić information content (AvgIpc) is 2.67. The van der Waals surface area contributed by atoms with E-state index in [4.69, 9.17) is 4.74 Å². The number of nitrogens with zero attached hydrogens (tertiary/aromatic N) is 1. The lowest BCUT2D eigenvalue weighted by Gasteiger charge is -2.34. The molecular weight excluding hydrogens is 292 g/mol. The van der Waals surface area contributed by atoms with E-state index in [2.05, 4.69) is 5.32 Å². The van der Waals surface area contributed by atoms with Crippen LogP contribution in [0, 0.1) is 0 Å². The standard InChI is InChI=1S/C14H26N2O4S/c1-14(2,3)20-13(17)16-7-4-11(5-8-16)15-12-6-9-21(18,19)10-12/h11-12,15H,4-10H2,1-3H3. The maximum Gasteiger partial charge on any atom is 0.410 e. The highest BCUT2D eigenvalue weighted by atomic mass is 32.2. The first kappa shape index (κ1) is 16.5. The van der Waals surface area contributed by atoms with Gasteiger partial charge in [0, 0.05) is 25.2 Å². The van der Waals surface area contributed by atoms with Crippen molar-refractivity contribution in [2.75, 3.05) is 24.6 Å². The summed E-state index contributed by atoms with van der Waals surface area (Å²) >= 11 is 0. The van der Waals surface area contributed by atoms with Crippen molar-refractivity contribution in [1.82, 2.24) is 10.2 Å². The van der Waals surface area contributed by atoms with Gasteiger partial charge in [-0.3, -0.25) is 0 Å². The van der Waals surface area contributed by atoms with Crippen molar-refractivity contribution in [1.29, 1.82) is 0 Å². The number of piperidine rings is 1. The van der Waals surface area contributed by atoms with E-state index in [1.54, 1.807) is 4.90 Å². The number of carbonyl (C=O) groups is 1. The molecule has 0 aliphatic carbocycles. The predicted octanol–water partition coefficient (Wildman–Crippen LogP) is 1.16. The summed E-state index contributed by atoms with van der Waals surface area (Å²) in [4.78, 5) is 13.7. The monoisotopic (exact) mass is 318 g/mol. The van der Waals surface area contributed by atoms with E-state index >= 15 is 0 Å². The Kier molecular flexibility index (Phi) is 4.82. The van der Waals surface area contributed by atoms with Crippen LogP contribution in [-0.4, -0.2) is 61.7 Å². The Labute approximate surface area is 127 Å². The van der Waals surface area contributed by atoms with Crippen LogP contribution < -0.4 is 5.32 Å². The Balaban J connectivity index is 1.75. The van der Waals surface area contributed by atoms with Crippen molar-refractivity contribution in [2.24, 2.45) is 0 Å². The van der Waals surface area contributed by atoms with Gasteiger partial charge in [-0.05, 0) is 40.0 Å². The summed E-state index contributed by atoms with van der Waals surface area (Å²) in [6.45, 7) is 6.90. The van der Waals surface area contributed by atoms with Gasteiger partial charge in [0.05, 0.1) is 11.5 Å². The van der Waals surface area contributed by atoms with Crippen LogP contribution >= 0.6 is 0 Å². The van der Waals surface area contributed by atoms with Crippen molar-refractivity contribution in [2.45, 2.75) is 57.7 Å². The number of rotatable bonds is 2. The molecule has 122 valence electrons. The van der Waals surface area contributed by atoms with E-state index in [1.165, 1.54) is 0 Å². The molecular formula is C14H26N2O4S. The smallest absolute Gasteiger partial charge is 0.410 e. The molecule has 1 N–H and O–H groups in total. The van der Waals surface area contributed by atoms with Crippen LogP contribution in [0.15, 0.2) is 0 Å². The Bertz CT molecular complexity index is 476. The normalized spacial score (nSPS) is 26.8. The van der Waals surface area contributed by atoms with Gasteiger partial charge in [0.2, 0.25) is 0 Å². The van der Waals surface area contributed by atoms with Crippen LogP contribution in [0.3, 0.4) is 0 Å². The summed E-state index contributed by atoms with van der Waals surface area (Å²) in [6.07, 6.45) is 2.13. The fraction of sp³-hybridized carbons (Fsp3) is 0.929. The summed E-state index contributed by atoms with van der Waals surface area (Å²) in [5.41, 5.74) is -0.468. The van der Waals surface area contributed by atoms with Gasteiger partial charge in [-0.15, -0.1) is 0 Å². The maximum absolute atomic E-state index is 12.0. The third-order valence-electron chi connectivity index (χ3n) is 3.85. The molecule has 2 heterocycles. The van der Waals surface area contributed by atoms with E-state index < -0.39 is 15.4 Å². The van der Waals surface area contributed by atoms with Crippen LogP contribution in [0.5, 0.6) is 0 Å². The molecule has 2 rings (SSSR count). The molecule has 0 bridgehead atoms. The van der Waals surface area contributed by atoms with E-state index in [9.17, 15) is 13.2 Å². The van der Waals surface area contributed by atoms with E-state index in [0.29, 0.717) is 31.3 Å². The van der Waals surface area contributed by atoms with Gasteiger partial charge in [-0.2, -0.15) is 0 Å². The zero-order valence-electron chi connectivity index (χ0n) is 13.1. The molecule has 1 unspecified atom stereocenters. The molecule has 2 saturated heterocycles. The molecule has 21 heavy (non-hydrogen) atoms. The molecule has 7 heteroatoms. The second-order valence-electron chi connectivity index (χ2n) is 7.01. The van der Waals surface area contributed by atoms with Crippen LogP contribution in [-0.2, 0) is 14.6 Å². The molecule has 0 aromatic carbocycles. The molecule has 0 saturated carbocycles. The van der Waals surface area contributed by atoms with Crippen molar-refractivity contribution in [3.05, 3.63) is 0 Å². The quantitative estimate of drug-likeness (QED) is 0.827. The van der Waals surface area contributed by atoms with Crippen molar-refractivity contribution >= 4 is 15.9 Å². The lowest BCUT2D eigenvalue weighted by Crippen LogP contribution is -2.49. The molecule has 2 aliphatic heterocycles. The topological polar surface area (TPSA) is 75.7 Å². The van der Waals surface area contributed by atoms with Gasteiger partial charge >= 0.3 is 6.09 Å². The number of sulfone groups is 1. The number of hydrogen-bond acceptors (Lipinski definition) is 5. The summed E-state index contributed by atoms with van der Waals surface area (Å²) in [5, 5.41) is 3.42. The van der Waals surface area contributed by atoms with Gasteiger partial charge in [0.15, 0.2) is 9.84 Å². The minimum absolute atomic E-state index is 0.0769. The molecule has 2 fully saturated rings. The molecule has 0 radical (unpaired) electrons. The highest BCUT2D eigenvalue weighted by Crippen LogP contribution is 2.18. The Morgan fingerprint density at radius 3 is 2.24 bits per heavy atom. The molecule has 1 atom stereocenters. The predicted molar refractivity (Wildman–Crippen MR) is 81.0 cm³/mol. The highest BCUT2D eigenvalue weighted by molar-refractivity contribution is 7.91. The molecule has 0 spiro atoms. The Morgan fingerprint density at radius 2 is 1.76 bits per heavy atom. The highest BCUT2D eigenvalue weighted by Gasteiger charge is 2.32. The van der Waals surface area contributed by atoms with Crippen LogP contribution in [0.1, 0.15) is 40.0 Å². The first-order valence-corrected chi connectivity index (χ1v) is 9.41.